The van der Waals surface area contributed by atoms with Crippen molar-refractivity contribution < 1.29 is 9.69 Å². The van der Waals surface area contributed by atoms with Crippen molar-refractivity contribution >= 4 is 29.1 Å². The number of benzene rings is 1. The molecule has 0 bridgehead atoms. The van der Waals surface area contributed by atoms with Crippen LogP contribution in [0, 0.1) is 0 Å². The van der Waals surface area contributed by atoms with E-state index in [-0.39, 0.29) is 11.9 Å². The van der Waals surface area contributed by atoms with E-state index in [1.54, 1.807) is 6.07 Å². The molecular weight excluding hydrogens is 283 g/mol. The molecule has 0 radical (unpaired) electrons. The Kier molecular flexibility index (Phi) is 4.71. The van der Waals surface area contributed by atoms with E-state index in [2.05, 4.69) is 5.32 Å². The Hall–Kier alpha value is -0.770. The fraction of sp³-hybridized carbons (Fsp3) is 0.500. The lowest BCUT2D eigenvalue weighted by atomic mass is 10.2. The van der Waals surface area contributed by atoms with Gasteiger partial charge in [0.2, 0.25) is 0 Å². The molecule has 3 nitrogen and oxygen atoms in total. The normalized spacial score (nSPS) is 17.9. The lowest BCUT2D eigenvalue weighted by Crippen LogP contribution is -3.12. The van der Waals surface area contributed by atoms with E-state index in [9.17, 15) is 4.79 Å². The van der Waals surface area contributed by atoms with Gasteiger partial charge in [0, 0.05) is 16.6 Å². The van der Waals surface area contributed by atoms with Crippen LogP contribution in [0.25, 0.3) is 0 Å². The minimum absolute atomic E-state index is 0.0904. The maximum absolute atomic E-state index is 12.0. The van der Waals surface area contributed by atoms with Crippen LogP contribution in [0.5, 0.6) is 0 Å². The number of likely N-dealkylation sites (N-methyl/N-ethyl adjacent to an activating group) is 1. The van der Waals surface area contributed by atoms with Crippen molar-refractivity contribution in [1.82, 2.24) is 5.32 Å². The number of nitrogens with one attached hydrogen (secondary N) is 2. The van der Waals surface area contributed by atoms with E-state index in [1.807, 2.05) is 26.1 Å². The second kappa shape index (κ2) is 6.12. The Morgan fingerprint density at radius 3 is 2.74 bits per heavy atom. The number of amides is 1. The van der Waals surface area contributed by atoms with Gasteiger partial charge < -0.3 is 10.2 Å². The largest absolute Gasteiger partial charge is 0.348 e. The smallest absolute Gasteiger partial charge is 0.278 e. The second-order valence-electron chi connectivity index (χ2n) is 5.26. The highest BCUT2D eigenvalue weighted by atomic mass is 35.5. The first kappa shape index (κ1) is 14.6. The van der Waals surface area contributed by atoms with Crippen molar-refractivity contribution in [2.24, 2.45) is 0 Å². The molecule has 2 N–H and O–H groups in total. The van der Waals surface area contributed by atoms with Crippen LogP contribution in [-0.2, 0) is 11.3 Å². The molecule has 2 atom stereocenters. The van der Waals surface area contributed by atoms with E-state index < -0.39 is 0 Å². The van der Waals surface area contributed by atoms with Crippen molar-refractivity contribution in [3.8, 4) is 0 Å². The number of hydrogen-bond acceptors (Lipinski definition) is 1. The molecule has 104 valence electrons. The van der Waals surface area contributed by atoms with Gasteiger partial charge in [-0.2, -0.15) is 0 Å². The minimum Gasteiger partial charge on any atom is -0.348 e. The van der Waals surface area contributed by atoms with E-state index in [0.29, 0.717) is 22.6 Å². The Morgan fingerprint density at radius 1 is 1.47 bits per heavy atom. The molecular formula is C14H19Cl2N2O+. The molecule has 1 saturated carbocycles. The van der Waals surface area contributed by atoms with Crippen LogP contribution in [0.1, 0.15) is 25.3 Å². The molecule has 19 heavy (non-hydrogen) atoms. The zero-order valence-corrected chi connectivity index (χ0v) is 12.7. The highest BCUT2D eigenvalue weighted by Gasteiger charge is 2.29. The summed E-state index contributed by atoms with van der Waals surface area (Å²) in [4.78, 5) is 13.1. The molecule has 0 aliphatic heterocycles. The molecule has 0 heterocycles. The van der Waals surface area contributed by atoms with Crippen LogP contribution < -0.4 is 10.2 Å². The van der Waals surface area contributed by atoms with Crippen molar-refractivity contribution in [2.45, 2.75) is 38.4 Å². The Bertz CT molecular complexity index is 475. The lowest BCUT2D eigenvalue weighted by molar-refractivity contribution is -0.908. The molecule has 1 unspecified atom stereocenters. The third-order valence-corrected chi connectivity index (χ3v) is 4.13. The van der Waals surface area contributed by atoms with Gasteiger partial charge in [-0.15, -0.1) is 0 Å². The summed E-state index contributed by atoms with van der Waals surface area (Å²) in [6, 6.07) is 5.79. The molecule has 1 aliphatic rings. The number of halogens is 2. The fourth-order valence-corrected chi connectivity index (χ4v) is 2.37. The zero-order valence-electron chi connectivity index (χ0n) is 11.2. The first-order valence-electron chi connectivity index (χ1n) is 6.54. The van der Waals surface area contributed by atoms with Gasteiger partial charge in [-0.25, -0.2) is 0 Å². The van der Waals surface area contributed by atoms with Crippen LogP contribution in [0.15, 0.2) is 18.2 Å². The van der Waals surface area contributed by atoms with Crippen LogP contribution in [0.3, 0.4) is 0 Å². The summed E-state index contributed by atoms with van der Waals surface area (Å²) in [5, 5.41) is 4.31. The number of hydrogen-bond donors (Lipinski definition) is 2. The SMILES string of the molecule is C[C@H](C(=O)NC1CC1)[NH+](C)Cc1ccc(Cl)cc1Cl. The second-order valence-corrected chi connectivity index (χ2v) is 6.11. The third kappa shape index (κ3) is 4.10. The highest BCUT2D eigenvalue weighted by molar-refractivity contribution is 6.35. The average Bonchev–Trinajstić information content (AvgIpc) is 3.15. The van der Waals surface area contributed by atoms with Gasteiger partial charge in [0.15, 0.2) is 6.04 Å². The number of carbonyl (C=O) groups excluding carboxylic acids is 1. The molecule has 0 aromatic heterocycles. The molecule has 0 saturated heterocycles. The van der Waals surface area contributed by atoms with Crippen LogP contribution >= 0.6 is 23.2 Å². The van der Waals surface area contributed by atoms with Gasteiger partial charge in [-0.05, 0) is 31.9 Å². The summed E-state index contributed by atoms with van der Waals surface area (Å²) >= 11 is 12.0. The third-order valence-electron chi connectivity index (χ3n) is 3.54. The topological polar surface area (TPSA) is 33.5 Å². The van der Waals surface area contributed by atoms with Gasteiger partial charge in [-0.3, -0.25) is 4.79 Å². The van der Waals surface area contributed by atoms with E-state index in [0.717, 1.165) is 23.3 Å². The van der Waals surface area contributed by atoms with Gasteiger partial charge in [0.1, 0.15) is 6.54 Å². The number of rotatable bonds is 5. The van der Waals surface area contributed by atoms with E-state index >= 15 is 0 Å². The fourth-order valence-electron chi connectivity index (χ4n) is 1.90. The van der Waals surface area contributed by atoms with Gasteiger partial charge >= 0.3 is 0 Å². The van der Waals surface area contributed by atoms with Crippen molar-refractivity contribution in [3.05, 3.63) is 33.8 Å². The Morgan fingerprint density at radius 2 is 2.16 bits per heavy atom. The summed E-state index contributed by atoms with van der Waals surface area (Å²) in [7, 11) is 2.00. The maximum Gasteiger partial charge on any atom is 0.278 e. The highest BCUT2D eigenvalue weighted by Crippen LogP contribution is 2.20. The van der Waals surface area contributed by atoms with Gasteiger partial charge in [0.25, 0.3) is 5.91 Å². The molecule has 1 aliphatic carbocycles. The standard InChI is InChI=1S/C14H18Cl2N2O/c1-9(14(19)17-12-5-6-12)18(2)8-10-3-4-11(15)7-13(10)16/h3-4,7,9,12H,5-6,8H2,1-2H3,(H,17,19)/p+1/t9-/m1/s1. The number of quaternary nitrogens is 1. The van der Waals surface area contributed by atoms with Crippen molar-refractivity contribution in [3.63, 3.8) is 0 Å². The quantitative estimate of drug-likeness (QED) is 0.852. The van der Waals surface area contributed by atoms with Crippen LogP contribution in [0.4, 0.5) is 0 Å². The van der Waals surface area contributed by atoms with Crippen molar-refractivity contribution in [1.29, 1.82) is 0 Å². The summed E-state index contributed by atoms with van der Waals surface area (Å²) in [6.45, 7) is 2.64. The van der Waals surface area contributed by atoms with E-state index in [4.69, 9.17) is 23.2 Å². The van der Waals surface area contributed by atoms with Crippen molar-refractivity contribution in [2.75, 3.05) is 7.05 Å². The first-order valence-corrected chi connectivity index (χ1v) is 7.29. The monoisotopic (exact) mass is 301 g/mol. The molecule has 2 rings (SSSR count). The molecule has 5 heteroatoms. The lowest BCUT2D eigenvalue weighted by Gasteiger charge is -2.21. The van der Waals surface area contributed by atoms with Crippen LogP contribution in [-0.4, -0.2) is 25.0 Å². The Balaban J connectivity index is 1.94. The summed E-state index contributed by atoms with van der Waals surface area (Å²) in [6.07, 6.45) is 2.22. The molecule has 1 amide bonds. The minimum atomic E-state index is -0.0904. The zero-order chi connectivity index (χ0) is 14.0. The molecule has 1 fully saturated rings. The molecule has 1 aromatic carbocycles. The number of carbonyl (C=O) groups is 1. The molecule has 0 spiro atoms. The predicted molar refractivity (Wildman–Crippen MR) is 77.7 cm³/mol. The first-order chi connectivity index (χ1) is 8.97. The summed E-state index contributed by atoms with van der Waals surface area (Å²) in [5.74, 6) is 0.116. The molecule has 1 aromatic rings. The average molecular weight is 302 g/mol. The van der Waals surface area contributed by atoms with Gasteiger partial charge in [-0.1, -0.05) is 29.3 Å². The summed E-state index contributed by atoms with van der Waals surface area (Å²) < 4.78 is 0. The maximum atomic E-state index is 12.0. The summed E-state index contributed by atoms with van der Waals surface area (Å²) in [5.41, 5.74) is 1.01. The van der Waals surface area contributed by atoms with Gasteiger partial charge in [0.05, 0.1) is 12.1 Å². The Labute approximate surface area is 123 Å². The predicted octanol–water partition coefficient (Wildman–Crippen LogP) is 1.68. The van der Waals surface area contributed by atoms with E-state index in [1.165, 1.54) is 0 Å². The van der Waals surface area contributed by atoms with Crippen LogP contribution in [0.2, 0.25) is 10.0 Å².